The molecule has 2 N–H and O–H groups in total. The molecule has 1 rings (SSSR count). The standard InChI is InChI=1S/C8H14N2OS/c1-6(2)7(11)5-10-8-9-3-4-12-8/h3-4,6-7,11H,5H2,1-2H3,(H,9,10). The highest BCUT2D eigenvalue weighted by atomic mass is 32.1. The van der Waals surface area contributed by atoms with Crippen LogP contribution in [0.25, 0.3) is 0 Å². The number of hydrogen-bond acceptors (Lipinski definition) is 4. The minimum atomic E-state index is -0.297. The van der Waals surface area contributed by atoms with Gasteiger partial charge in [-0.3, -0.25) is 0 Å². The summed E-state index contributed by atoms with van der Waals surface area (Å²) in [6, 6.07) is 0. The number of aliphatic hydroxyl groups excluding tert-OH is 1. The van der Waals surface area contributed by atoms with Gasteiger partial charge in [-0.25, -0.2) is 4.98 Å². The van der Waals surface area contributed by atoms with E-state index in [2.05, 4.69) is 10.3 Å². The number of rotatable bonds is 4. The van der Waals surface area contributed by atoms with Crippen molar-refractivity contribution >= 4 is 16.5 Å². The van der Waals surface area contributed by atoms with Crippen LogP contribution in [0.15, 0.2) is 11.6 Å². The maximum Gasteiger partial charge on any atom is 0.182 e. The topological polar surface area (TPSA) is 45.1 Å². The Morgan fingerprint density at radius 1 is 1.67 bits per heavy atom. The van der Waals surface area contributed by atoms with Crippen molar-refractivity contribution < 1.29 is 5.11 Å². The molecule has 0 amide bonds. The van der Waals surface area contributed by atoms with Gasteiger partial charge in [-0.1, -0.05) is 13.8 Å². The van der Waals surface area contributed by atoms with Crippen LogP contribution in [-0.4, -0.2) is 22.7 Å². The van der Waals surface area contributed by atoms with Gasteiger partial charge in [0.15, 0.2) is 5.13 Å². The van der Waals surface area contributed by atoms with Gasteiger partial charge < -0.3 is 10.4 Å². The minimum absolute atomic E-state index is 0.289. The third kappa shape index (κ3) is 2.79. The van der Waals surface area contributed by atoms with Crippen molar-refractivity contribution in [3.8, 4) is 0 Å². The lowest BCUT2D eigenvalue weighted by molar-refractivity contribution is 0.138. The Kier molecular flexibility index (Phi) is 3.49. The second-order valence-electron chi connectivity index (χ2n) is 3.03. The molecule has 1 aromatic heterocycles. The van der Waals surface area contributed by atoms with Crippen LogP contribution in [0.4, 0.5) is 5.13 Å². The minimum Gasteiger partial charge on any atom is -0.391 e. The first kappa shape index (κ1) is 9.48. The zero-order valence-corrected chi connectivity index (χ0v) is 8.14. The first-order valence-electron chi connectivity index (χ1n) is 4.01. The lowest BCUT2D eigenvalue weighted by atomic mass is 10.1. The smallest absolute Gasteiger partial charge is 0.182 e. The van der Waals surface area contributed by atoms with Gasteiger partial charge in [0.2, 0.25) is 0 Å². The van der Waals surface area contributed by atoms with Crippen LogP contribution in [0.5, 0.6) is 0 Å². The predicted octanol–water partition coefficient (Wildman–Crippen LogP) is 1.57. The second kappa shape index (κ2) is 4.42. The SMILES string of the molecule is CC(C)C(O)CNc1nccs1. The first-order chi connectivity index (χ1) is 5.70. The van der Waals surface area contributed by atoms with Crippen molar-refractivity contribution in [2.75, 3.05) is 11.9 Å². The van der Waals surface area contributed by atoms with E-state index in [9.17, 15) is 5.11 Å². The summed E-state index contributed by atoms with van der Waals surface area (Å²) < 4.78 is 0. The molecule has 0 aliphatic rings. The highest BCUT2D eigenvalue weighted by Crippen LogP contribution is 2.11. The van der Waals surface area contributed by atoms with Gasteiger partial charge in [0.25, 0.3) is 0 Å². The van der Waals surface area contributed by atoms with Gasteiger partial charge >= 0.3 is 0 Å². The molecule has 1 atom stereocenters. The summed E-state index contributed by atoms with van der Waals surface area (Å²) >= 11 is 1.54. The highest BCUT2D eigenvalue weighted by molar-refractivity contribution is 7.13. The third-order valence-corrected chi connectivity index (χ3v) is 2.40. The molecule has 68 valence electrons. The molecule has 0 saturated carbocycles. The van der Waals surface area contributed by atoms with Crippen molar-refractivity contribution in [2.45, 2.75) is 20.0 Å². The molecule has 0 saturated heterocycles. The monoisotopic (exact) mass is 186 g/mol. The normalized spacial score (nSPS) is 13.3. The van der Waals surface area contributed by atoms with E-state index in [4.69, 9.17) is 0 Å². The molecule has 1 heterocycles. The Balaban J connectivity index is 2.27. The Hall–Kier alpha value is -0.610. The molecule has 1 aromatic rings. The number of nitrogens with zero attached hydrogens (tertiary/aromatic N) is 1. The first-order valence-corrected chi connectivity index (χ1v) is 4.89. The van der Waals surface area contributed by atoms with Crippen molar-refractivity contribution in [3.05, 3.63) is 11.6 Å². The van der Waals surface area contributed by atoms with E-state index < -0.39 is 0 Å². The van der Waals surface area contributed by atoms with Gasteiger partial charge in [-0.15, -0.1) is 11.3 Å². The Labute approximate surface area is 76.5 Å². The van der Waals surface area contributed by atoms with Crippen LogP contribution in [0.1, 0.15) is 13.8 Å². The van der Waals surface area contributed by atoms with Crippen LogP contribution >= 0.6 is 11.3 Å². The Morgan fingerprint density at radius 2 is 2.42 bits per heavy atom. The van der Waals surface area contributed by atoms with Gasteiger partial charge in [-0.05, 0) is 5.92 Å². The van der Waals surface area contributed by atoms with Crippen molar-refractivity contribution in [1.82, 2.24) is 4.98 Å². The van der Waals surface area contributed by atoms with Gasteiger partial charge in [0.05, 0.1) is 6.10 Å². The van der Waals surface area contributed by atoms with Crippen LogP contribution in [0, 0.1) is 5.92 Å². The maximum atomic E-state index is 9.44. The van der Waals surface area contributed by atoms with Gasteiger partial charge in [-0.2, -0.15) is 0 Å². The molecule has 3 nitrogen and oxygen atoms in total. The second-order valence-corrected chi connectivity index (χ2v) is 3.92. The number of hydrogen-bond donors (Lipinski definition) is 2. The molecule has 0 aliphatic carbocycles. The Morgan fingerprint density at radius 3 is 2.92 bits per heavy atom. The number of aromatic nitrogens is 1. The third-order valence-electron chi connectivity index (χ3n) is 1.66. The summed E-state index contributed by atoms with van der Waals surface area (Å²) in [6.45, 7) is 4.56. The fourth-order valence-corrected chi connectivity index (χ4v) is 1.28. The average Bonchev–Trinajstić information content (AvgIpc) is 2.51. The van der Waals surface area contributed by atoms with E-state index in [-0.39, 0.29) is 12.0 Å². The van der Waals surface area contributed by atoms with Gasteiger partial charge in [0.1, 0.15) is 0 Å². The quantitative estimate of drug-likeness (QED) is 0.750. The molecule has 0 radical (unpaired) electrons. The summed E-state index contributed by atoms with van der Waals surface area (Å²) in [5.41, 5.74) is 0. The van der Waals surface area contributed by atoms with Crippen LogP contribution in [-0.2, 0) is 0 Å². The van der Waals surface area contributed by atoms with Crippen molar-refractivity contribution in [3.63, 3.8) is 0 Å². The van der Waals surface area contributed by atoms with Crippen LogP contribution in [0.2, 0.25) is 0 Å². The molecule has 0 bridgehead atoms. The maximum absolute atomic E-state index is 9.44. The predicted molar refractivity (Wildman–Crippen MR) is 51.4 cm³/mol. The van der Waals surface area contributed by atoms with E-state index >= 15 is 0 Å². The van der Waals surface area contributed by atoms with Crippen molar-refractivity contribution in [2.24, 2.45) is 5.92 Å². The van der Waals surface area contributed by atoms with Crippen LogP contribution < -0.4 is 5.32 Å². The molecule has 0 aliphatic heterocycles. The van der Waals surface area contributed by atoms with E-state index in [0.717, 1.165) is 5.13 Å². The summed E-state index contributed by atoms with van der Waals surface area (Å²) in [4.78, 5) is 4.04. The van der Waals surface area contributed by atoms with Crippen molar-refractivity contribution in [1.29, 1.82) is 0 Å². The van der Waals surface area contributed by atoms with E-state index in [0.29, 0.717) is 6.54 Å². The van der Waals surface area contributed by atoms with Crippen LogP contribution in [0.3, 0.4) is 0 Å². The largest absolute Gasteiger partial charge is 0.391 e. The molecule has 0 aromatic carbocycles. The lowest BCUT2D eigenvalue weighted by Gasteiger charge is -2.14. The summed E-state index contributed by atoms with van der Waals surface area (Å²) in [5.74, 6) is 0.289. The number of nitrogens with one attached hydrogen (secondary N) is 1. The summed E-state index contributed by atoms with van der Waals surface area (Å²) in [6.07, 6.45) is 1.45. The zero-order valence-electron chi connectivity index (χ0n) is 7.32. The fraction of sp³-hybridized carbons (Fsp3) is 0.625. The zero-order chi connectivity index (χ0) is 8.97. The summed E-state index contributed by atoms with van der Waals surface area (Å²) in [7, 11) is 0. The van der Waals surface area contributed by atoms with E-state index in [1.54, 1.807) is 17.5 Å². The molecule has 1 unspecified atom stereocenters. The number of thiazole rings is 1. The molecule has 12 heavy (non-hydrogen) atoms. The molecule has 4 heteroatoms. The fourth-order valence-electron chi connectivity index (χ4n) is 0.738. The number of aliphatic hydroxyl groups is 1. The molecular weight excluding hydrogens is 172 g/mol. The average molecular weight is 186 g/mol. The molecular formula is C8H14N2OS. The Bertz CT molecular complexity index is 211. The van der Waals surface area contributed by atoms with Gasteiger partial charge in [0, 0.05) is 18.1 Å². The highest BCUT2D eigenvalue weighted by Gasteiger charge is 2.08. The van der Waals surface area contributed by atoms with E-state index in [1.807, 2.05) is 19.2 Å². The number of anilines is 1. The molecule has 0 fully saturated rings. The van der Waals surface area contributed by atoms with E-state index in [1.165, 1.54) is 0 Å². The summed E-state index contributed by atoms with van der Waals surface area (Å²) in [5, 5.41) is 15.3. The molecule has 0 spiro atoms. The lowest BCUT2D eigenvalue weighted by Crippen LogP contribution is -2.24.